The van der Waals surface area contributed by atoms with Gasteiger partial charge in [0.2, 0.25) is 0 Å². The number of benzene rings is 2. The minimum atomic E-state index is -0.762. The standard InChI is InChI=1S/C30H38N2O6/c1-6-8-15-37-24-12-9-20(18-25(24)36-7-2)27-26(29(34)30(35)32(27)14-13-31(4)5)28(33)21-10-11-23-22(17-21)16-19(3)38-23/h9-12,17-19,27,33H,6-8,13-16H2,1-5H3/b28-26-. The van der Waals surface area contributed by atoms with Crippen molar-refractivity contribution in [1.29, 1.82) is 0 Å². The van der Waals surface area contributed by atoms with Gasteiger partial charge < -0.3 is 29.1 Å². The number of ketones is 1. The van der Waals surface area contributed by atoms with Gasteiger partial charge in [-0.15, -0.1) is 0 Å². The lowest BCUT2D eigenvalue weighted by Gasteiger charge is -2.27. The summed E-state index contributed by atoms with van der Waals surface area (Å²) in [6.07, 6.45) is 2.70. The Morgan fingerprint density at radius 1 is 1.11 bits per heavy atom. The van der Waals surface area contributed by atoms with Crippen LogP contribution in [0.2, 0.25) is 0 Å². The molecule has 1 fully saturated rings. The lowest BCUT2D eigenvalue weighted by atomic mass is 9.94. The first kappa shape index (κ1) is 27.5. The van der Waals surface area contributed by atoms with Gasteiger partial charge in [-0.2, -0.15) is 0 Å². The maximum atomic E-state index is 13.4. The van der Waals surface area contributed by atoms with Gasteiger partial charge in [0.15, 0.2) is 11.5 Å². The van der Waals surface area contributed by atoms with Crippen molar-refractivity contribution in [2.45, 2.75) is 52.2 Å². The molecule has 0 aromatic heterocycles. The van der Waals surface area contributed by atoms with Gasteiger partial charge in [-0.3, -0.25) is 9.59 Å². The molecule has 2 aromatic rings. The summed E-state index contributed by atoms with van der Waals surface area (Å²) in [5.41, 5.74) is 2.20. The van der Waals surface area contributed by atoms with Crippen LogP contribution in [0.15, 0.2) is 42.0 Å². The minimum absolute atomic E-state index is 0.0501. The van der Waals surface area contributed by atoms with Crippen molar-refractivity contribution in [3.63, 3.8) is 0 Å². The van der Waals surface area contributed by atoms with E-state index in [0.717, 1.165) is 24.2 Å². The first-order valence-corrected chi connectivity index (χ1v) is 13.4. The molecule has 1 N–H and O–H groups in total. The van der Waals surface area contributed by atoms with Crippen molar-refractivity contribution in [3.05, 3.63) is 58.7 Å². The van der Waals surface area contributed by atoms with Gasteiger partial charge in [0.25, 0.3) is 11.7 Å². The van der Waals surface area contributed by atoms with Crippen LogP contribution in [0, 0.1) is 0 Å². The van der Waals surface area contributed by atoms with Crippen molar-refractivity contribution in [1.82, 2.24) is 9.80 Å². The van der Waals surface area contributed by atoms with Crippen molar-refractivity contribution in [3.8, 4) is 17.2 Å². The van der Waals surface area contributed by atoms with Gasteiger partial charge in [-0.25, -0.2) is 0 Å². The van der Waals surface area contributed by atoms with Crippen LogP contribution in [0.25, 0.3) is 5.76 Å². The van der Waals surface area contributed by atoms with Gasteiger partial charge in [0.05, 0.1) is 24.8 Å². The van der Waals surface area contributed by atoms with Gasteiger partial charge >= 0.3 is 0 Å². The number of hydrogen-bond donors (Lipinski definition) is 1. The van der Waals surface area contributed by atoms with E-state index in [1.165, 1.54) is 4.90 Å². The molecular weight excluding hydrogens is 484 g/mol. The predicted octanol–water partition coefficient (Wildman–Crippen LogP) is 4.57. The van der Waals surface area contributed by atoms with Crippen molar-refractivity contribution < 1.29 is 28.9 Å². The van der Waals surface area contributed by atoms with Crippen LogP contribution >= 0.6 is 0 Å². The first-order chi connectivity index (χ1) is 18.2. The summed E-state index contributed by atoms with van der Waals surface area (Å²) in [4.78, 5) is 30.1. The van der Waals surface area contributed by atoms with Gasteiger partial charge in [0, 0.05) is 25.1 Å². The van der Waals surface area contributed by atoms with Crippen LogP contribution in [0.4, 0.5) is 0 Å². The van der Waals surface area contributed by atoms with E-state index in [0.29, 0.717) is 55.4 Å². The molecule has 8 nitrogen and oxygen atoms in total. The second-order valence-corrected chi connectivity index (χ2v) is 10.1. The number of aliphatic hydroxyl groups is 1. The molecule has 0 bridgehead atoms. The molecule has 1 amide bonds. The number of rotatable bonds is 11. The summed E-state index contributed by atoms with van der Waals surface area (Å²) < 4.78 is 17.6. The molecule has 2 heterocycles. The van der Waals surface area contributed by atoms with Gasteiger partial charge in [-0.05, 0) is 75.8 Å². The molecule has 0 aliphatic carbocycles. The van der Waals surface area contributed by atoms with Crippen LogP contribution in [0.3, 0.4) is 0 Å². The van der Waals surface area contributed by atoms with Crippen LogP contribution in [-0.4, -0.2) is 73.1 Å². The Balaban J connectivity index is 1.80. The van der Waals surface area contributed by atoms with E-state index >= 15 is 0 Å². The average molecular weight is 523 g/mol. The third kappa shape index (κ3) is 5.65. The van der Waals surface area contributed by atoms with Crippen LogP contribution in [0.1, 0.15) is 56.3 Å². The fourth-order valence-electron chi connectivity index (χ4n) is 4.90. The van der Waals surface area contributed by atoms with Crippen LogP contribution in [-0.2, 0) is 16.0 Å². The Hall–Kier alpha value is -3.52. The number of unbranched alkanes of at least 4 members (excludes halogenated alkanes) is 1. The average Bonchev–Trinajstić information content (AvgIpc) is 3.38. The molecule has 1 saturated heterocycles. The molecule has 2 aliphatic heterocycles. The van der Waals surface area contributed by atoms with Crippen molar-refractivity contribution in [2.24, 2.45) is 0 Å². The molecule has 2 atom stereocenters. The fraction of sp³-hybridized carbons (Fsp3) is 0.467. The molecule has 0 saturated carbocycles. The van der Waals surface area contributed by atoms with E-state index in [1.54, 1.807) is 12.1 Å². The molecule has 2 aromatic carbocycles. The Labute approximate surface area is 224 Å². The number of carbonyl (C=O) groups excluding carboxylic acids is 2. The zero-order valence-corrected chi connectivity index (χ0v) is 23.0. The molecule has 0 radical (unpaired) electrons. The maximum absolute atomic E-state index is 13.4. The third-order valence-electron chi connectivity index (χ3n) is 6.84. The minimum Gasteiger partial charge on any atom is -0.507 e. The molecule has 204 valence electrons. The lowest BCUT2D eigenvalue weighted by molar-refractivity contribution is -0.140. The lowest BCUT2D eigenvalue weighted by Crippen LogP contribution is -2.35. The van der Waals surface area contributed by atoms with Crippen molar-refractivity contribution >= 4 is 17.4 Å². The van der Waals surface area contributed by atoms with E-state index in [4.69, 9.17) is 14.2 Å². The van der Waals surface area contributed by atoms with Crippen molar-refractivity contribution in [2.75, 3.05) is 40.4 Å². The summed E-state index contributed by atoms with van der Waals surface area (Å²) in [6, 6.07) is 10.1. The number of amides is 1. The molecule has 0 spiro atoms. The third-order valence-corrected chi connectivity index (χ3v) is 6.84. The molecule has 2 unspecified atom stereocenters. The summed E-state index contributed by atoms with van der Waals surface area (Å²) in [6.45, 7) is 7.87. The number of ether oxygens (including phenoxy) is 3. The Bertz CT molecular complexity index is 1220. The topological polar surface area (TPSA) is 88.5 Å². The zero-order chi connectivity index (χ0) is 27.4. The highest BCUT2D eigenvalue weighted by Crippen LogP contribution is 2.42. The highest BCUT2D eigenvalue weighted by molar-refractivity contribution is 6.46. The van der Waals surface area contributed by atoms with E-state index in [-0.39, 0.29) is 17.4 Å². The number of Topliss-reactive ketones (excluding diaryl/α,β-unsaturated/α-hetero) is 1. The highest BCUT2D eigenvalue weighted by Gasteiger charge is 2.46. The fourth-order valence-corrected chi connectivity index (χ4v) is 4.90. The van der Waals surface area contributed by atoms with Gasteiger partial charge in [0.1, 0.15) is 17.6 Å². The number of likely N-dealkylation sites (tertiary alicyclic amines) is 1. The summed E-state index contributed by atoms with van der Waals surface area (Å²) in [5, 5.41) is 11.5. The first-order valence-electron chi connectivity index (χ1n) is 13.4. The van der Waals surface area contributed by atoms with Crippen LogP contribution < -0.4 is 14.2 Å². The second kappa shape index (κ2) is 11.9. The van der Waals surface area contributed by atoms with E-state index in [1.807, 2.05) is 57.1 Å². The number of hydrogen-bond acceptors (Lipinski definition) is 7. The molecule has 38 heavy (non-hydrogen) atoms. The van der Waals surface area contributed by atoms with Crippen LogP contribution in [0.5, 0.6) is 17.2 Å². The Morgan fingerprint density at radius 2 is 1.89 bits per heavy atom. The summed E-state index contributed by atoms with van der Waals surface area (Å²) >= 11 is 0. The van der Waals surface area contributed by atoms with Gasteiger partial charge in [-0.1, -0.05) is 19.4 Å². The highest BCUT2D eigenvalue weighted by atomic mass is 16.5. The summed E-state index contributed by atoms with van der Waals surface area (Å²) in [7, 11) is 3.82. The molecular formula is C30H38N2O6. The molecule has 4 rings (SSSR count). The normalized spacial score (nSPS) is 20.1. The molecule has 8 heteroatoms. The van der Waals surface area contributed by atoms with E-state index in [9.17, 15) is 14.7 Å². The Morgan fingerprint density at radius 3 is 2.61 bits per heavy atom. The quantitative estimate of drug-likeness (QED) is 0.200. The Kier molecular flexibility index (Phi) is 8.62. The number of aliphatic hydroxyl groups excluding tert-OH is 1. The monoisotopic (exact) mass is 522 g/mol. The second-order valence-electron chi connectivity index (χ2n) is 10.1. The predicted molar refractivity (Wildman–Crippen MR) is 146 cm³/mol. The smallest absolute Gasteiger partial charge is 0.295 e. The SMILES string of the molecule is CCCCOc1ccc(C2/C(=C(/O)c3ccc4c(c3)CC(C)O4)C(=O)C(=O)N2CCN(C)C)cc1OCC. The number of fused-ring (bicyclic) bond motifs is 1. The molecule has 2 aliphatic rings. The largest absolute Gasteiger partial charge is 0.507 e. The summed E-state index contributed by atoms with van der Waals surface area (Å²) in [5.74, 6) is 0.418. The number of nitrogens with zero attached hydrogens (tertiary/aromatic N) is 2. The number of likely N-dealkylation sites (N-methyl/N-ethyl adjacent to an activating group) is 1. The number of carbonyl (C=O) groups is 2. The maximum Gasteiger partial charge on any atom is 0.295 e. The van der Waals surface area contributed by atoms with E-state index in [2.05, 4.69) is 6.92 Å². The van der Waals surface area contributed by atoms with E-state index < -0.39 is 17.7 Å². The zero-order valence-electron chi connectivity index (χ0n) is 23.0.